The van der Waals surface area contributed by atoms with Crippen LogP contribution in [0.25, 0.3) is 44.4 Å². The summed E-state index contributed by atoms with van der Waals surface area (Å²) in [7, 11) is 3.36. The van der Waals surface area contributed by atoms with Crippen molar-refractivity contribution in [3.8, 4) is 33.6 Å². The average molecular weight is 805 g/mol. The molecule has 60 heavy (non-hydrogen) atoms. The number of amides is 3. The highest BCUT2D eigenvalue weighted by atomic mass is 16.5. The van der Waals surface area contributed by atoms with Gasteiger partial charge in [-0.1, -0.05) is 86.6 Å². The maximum absolute atomic E-state index is 14.1. The molecule has 0 spiro atoms. The van der Waals surface area contributed by atoms with Crippen molar-refractivity contribution in [3.05, 3.63) is 120 Å². The van der Waals surface area contributed by atoms with Crippen molar-refractivity contribution >= 4 is 28.7 Å². The minimum Gasteiger partial charge on any atom is -0.453 e. The van der Waals surface area contributed by atoms with E-state index >= 15 is 0 Å². The normalized spacial score (nSPS) is 19.8. The van der Waals surface area contributed by atoms with E-state index < -0.39 is 12.1 Å². The van der Waals surface area contributed by atoms with Crippen molar-refractivity contribution in [2.24, 2.45) is 5.92 Å². The lowest BCUT2D eigenvalue weighted by Crippen LogP contribution is -2.51. The maximum Gasteiger partial charge on any atom is 0.407 e. The van der Waals surface area contributed by atoms with Gasteiger partial charge in [-0.3, -0.25) is 14.5 Å². The molecule has 6 aromatic rings. The minimum absolute atomic E-state index is 0.0735. The third-order valence-electron chi connectivity index (χ3n) is 12.7. The van der Waals surface area contributed by atoms with Crippen molar-refractivity contribution in [1.82, 2.24) is 40.0 Å². The quantitative estimate of drug-likeness (QED) is 0.134. The molecule has 308 valence electrons. The Morgan fingerprint density at radius 2 is 1.32 bits per heavy atom. The van der Waals surface area contributed by atoms with E-state index in [0.29, 0.717) is 6.54 Å². The number of fused-ring (bicyclic) bond motifs is 2. The molecule has 4 atom stereocenters. The number of methoxy groups -OCH3 is 1. The number of benzene rings is 4. The molecular formula is C48H52N8O4. The number of ether oxygens (including phenoxy) is 1. The Bertz CT molecular complexity index is 2540. The lowest BCUT2D eigenvalue weighted by Gasteiger charge is -2.37. The van der Waals surface area contributed by atoms with Crippen LogP contribution < -0.4 is 5.32 Å². The molecule has 2 fully saturated rings. The van der Waals surface area contributed by atoms with E-state index in [1.807, 2.05) is 42.1 Å². The average Bonchev–Trinajstić information content (AvgIpc) is 4.12. The van der Waals surface area contributed by atoms with Gasteiger partial charge in [-0.05, 0) is 95.8 Å². The molecule has 0 radical (unpaired) electrons. The van der Waals surface area contributed by atoms with Crippen molar-refractivity contribution < 1.29 is 19.1 Å². The molecule has 2 saturated heterocycles. The lowest BCUT2D eigenvalue weighted by atomic mass is 9.92. The number of hydrogen-bond acceptors (Lipinski definition) is 7. The number of imidazole rings is 2. The Labute approximate surface area is 350 Å². The third-order valence-corrected chi connectivity index (χ3v) is 12.7. The van der Waals surface area contributed by atoms with Crippen molar-refractivity contribution in [1.29, 1.82) is 0 Å². The SMILES string of the molecule is COC(=O)N[C@H](C(=O)N1CCC[C@H]1c1ncc(-c2ccc3cc(-c4ccc(-c5cnc([C@@H]6CCCN6C(=O)[C@H]6c7ccccc7CCN6C)[nH]5)cc4)ccc3c2)[nH]1)C(C)C. The first-order valence-electron chi connectivity index (χ1n) is 21.1. The highest BCUT2D eigenvalue weighted by Gasteiger charge is 2.40. The monoisotopic (exact) mass is 804 g/mol. The molecule has 5 heterocycles. The van der Waals surface area contributed by atoms with Gasteiger partial charge in [-0.15, -0.1) is 0 Å². The number of aromatic nitrogens is 4. The van der Waals surface area contributed by atoms with Crippen LogP contribution in [0.2, 0.25) is 0 Å². The molecule has 9 rings (SSSR count). The molecule has 0 saturated carbocycles. The van der Waals surface area contributed by atoms with Crippen LogP contribution in [0.3, 0.4) is 0 Å². The summed E-state index contributed by atoms with van der Waals surface area (Å²) in [5, 5.41) is 4.95. The number of alkyl carbamates (subject to hydrolysis) is 1. The van der Waals surface area contributed by atoms with Gasteiger partial charge in [0.05, 0.1) is 43.0 Å². The summed E-state index contributed by atoms with van der Waals surface area (Å²) in [4.78, 5) is 62.4. The van der Waals surface area contributed by atoms with E-state index in [-0.39, 0.29) is 35.9 Å². The molecule has 0 aliphatic carbocycles. The number of likely N-dealkylation sites (tertiary alicyclic amines) is 2. The van der Waals surface area contributed by atoms with Crippen LogP contribution in [0.5, 0.6) is 0 Å². The minimum atomic E-state index is -0.679. The molecule has 0 unspecified atom stereocenters. The number of nitrogens with zero attached hydrogens (tertiary/aromatic N) is 5. The molecule has 3 amide bonds. The van der Waals surface area contributed by atoms with Gasteiger partial charge in [-0.2, -0.15) is 0 Å². The summed E-state index contributed by atoms with van der Waals surface area (Å²) in [5.41, 5.74) is 8.51. The van der Waals surface area contributed by atoms with Crippen LogP contribution in [-0.4, -0.2) is 92.4 Å². The number of nitrogens with one attached hydrogen (secondary N) is 3. The van der Waals surface area contributed by atoms with E-state index in [0.717, 1.165) is 107 Å². The Balaban J connectivity index is 0.874. The number of aromatic amines is 2. The molecule has 12 heteroatoms. The molecule has 2 aromatic heterocycles. The van der Waals surface area contributed by atoms with Gasteiger partial charge in [0.25, 0.3) is 0 Å². The summed E-state index contributed by atoms with van der Waals surface area (Å²) in [6.45, 7) is 6.03. The molecule has 3 aliphatic rings. The fourth-order valence-electron chi connectivity index (χ4n) is 9.42. The van der Waals surface area contributed by atoms with Crippen molar-refractivity contribution in [3.63, 3.8) is 0 Å². The lowest BCUT2D eigenvalue weighted by molar-refractivity contribution is -0.138. The van der Waals surface area contributed by atoms with Gasteiger partial charge in [0.15, 0.2) is 0 Å². The number of carbonyl (C=O) groups is 3. The van der Waals surface area contributed by atoms with E-state index in [1.165, 1.54) is 12.7 Å². The number of H-pyrrole nitrogens is 2. The van der Waals surface area contributed by atoms with Crippen LogP contribution in [0.1, 0.15) is 80.4 Å². The fourth-order valence-corrected chi connectivity index (χ4v) is 9.42. The molecule has 4 aromatic carbocycles. The topological polar surface area (TPSA) is 140 Å². The predicted octanol–water partition coefficient (Wildman–Crippen LogP) is 8.22. The maximum atomic E-state index is 14.1. The third kappa shape index (κ3) is 7.44. The molecule has 0 bridgehead atoms. The molecule has 3 N–H and O–H groups in total. The van der Waals surface area contributed by atoms with Gasteiger partial charge in [0.1, 0.15) is 23.7 Å². The summed E-state index contributed by atoms with van der Waals surface area (Å²) >= 11 is 0. The second-order valence-electron chi connectivity index (χ2n) is 16.8. The van der Waals surface area contributed by atoms with Crippen LogP contribution >= 0.6 is 0 Å². The van der Waals surface area contributed by atoms with Crippen molar-refractivity contribution in [2.45, 2.75) is 70.1 Å². The van der Waals surface area contributed by atoms with Crippen LogP contribution in [0.15, 0.2) is 97.3 Å². The largest absolute Gasteiger partial charge is 0.453 e. The van der Waals surface area contributed by atoms with Crippen LogP contribution in [0.4, 0.5) is 4.79 Å². The molecular weight excluding hydrogens is 753 g/mol. The Hall–Kier alpha value is -6.27. The van der Waals surface area contributed by atoms with E-state index in [1.54, 1.807) is 0 Å². The zero-order valence-electron chi connectivity index (χ0n) is 34.7. The Morgan fingerprint density at radius 3 is 2.00 bits per heavy atom. The van der Waals surface area contributed by atoms with Gasteiger partial charge >= 0.3 is 6.09 Å². The number of rotatable bonds is 9. The standard InChI is InChI=1S/C48H52N8O4/c1-29(2)42(53-48(59)60-4)46(57)55-22-7-11-40(55)44-50-28-39(52-44)36-20-19-34-25-33(17-18-35(34)26-36)30-13-15-32(16-14-30)38-27-49-45(51-38)41-12-8-23-56(41)47(58)43-37-10-6-5-9-31(37)21-24-54(43)3/h5-6,9-10,13-20,25-29,40-43H,7-8,11-12,21-24H2,1-4H3,(H,49,51)(H,50,52)(H,53,59)/t40-,41-,42-,43+/m0/s1. The van der Waals surface area contributed by atoms with Crippen molar-refractivity contribution in [2.75, 3.05) is 33.8 Å². The van der Waals surface area contributed by atoms with Gasteiger partial charge in [0.2, 0.25) is 11.8 Å². The zero-order chi connectivity index (χ0) is 41.5. The van der Waals surface area contributed by atoms with Crippen LogP contribution in [-0.2, 0) is 20.7 Å². The number of carbonyl (C=O) groups excluding carboxylic acids is 3. The summed E-state index contributed by atoms with van der Waals surface area (Å²) in [5.74, 6) is 1.52. The second kappa shape index (κ2) is 16.4. The molecule has 3 aliphatic heterocycles. The number of likely N-dealkylation sites (N-methyl/N-ethyl adjacent to an activating group) is 1. The summed E-state index contributed by atoms with van der Waals surface area (Å²) < 4.78 is 4.78. The highest BCUT2D eigenvalue weighted by molar-refractivity contribution is 5.91. The first-order chi connectivity index (χ1) is 29.2. The second-order valence-corrected chi connectivity index (χ2v) is 16.8. The first-order valence-corrected chi connectivity index (χ1v) is 21.1. The number of hydrogen-bond donors (Lipinski definition) is 3. The van der Waals surface area contributed by atoms with Gasteiger partial charge in [-0.25, -0.2) is 14.8 Å². The fraction of sp³-hybridized carbons (Fsp3) is 0.354. The predicted molar refractivity (Wildman–Crippen MR) is 232 cm³/mol. The Kier molecular flexibility index (Phi) is 10.7. The van der Waals surface area contributed by atoms with Gasteiger partial charge < -0.3 is 29.8 Å². The van der Waals surface area contributed by atoms with Crippen LogP contribution in [0, 0.1) is 5.92 Å². The first kappa shape index (κ1) is 39.2. The highest BCUT2D eigenvalue weighted by Crippen LogP contribution is 2.38. The summed E-state index contributed by atoms with van der Waals surface area (Å²) in [6.07, 6.45) is 7.57. The zero-order valence-corrected chi connectivity index (χ0v) is 34.7. The van der Waals surface area contributed by atoms with E-state index in [4.69, 9.17) is 14.7 Å². The van der Waals surface area contributed by atoms with E-state index in [2.05, 4.69) is 106 Å². The Morgan fingerprint density at radius 1 is 0.733 bits per heavy atom. The smallest absolute Gasteiger partial charge is 0.407 e. The van der Waals surface area contributed by atoms with E-state index in [9.17, 15) is 14.4 Å². The summed E-state index contributed by atoms with van der Waals surface area (Å²) in [6, 6.07) is 28.6. The van der Waals surface area contributed by atoms with Gasteiger partial charge in [0, 0.05) is 25.2 Å². The molecule has 12 nitrogen and oxygen atoms in total.